The highest BCUT2D eigenvalue weighted by Crippen LogP contribution is 2.18. The van der Waals surface area contributed by atoms with Gasteiger partial charge in [0.2, 0.25) is 11.9 Å². The van der Waals surface area contributed by atoms with E-state index < -0.39 is 0 Å². The third kappa shape index (κ3) is 6.90. The Morgan fingerprint density at radius 2 is 1.81 bits per heavy atom. The first kappa shape index (κ1) is 23.4. The van der Waals surface area contributed by atoms with Gasteiger partial charge in [0.1, 0.15) is 0 Å². The van der Waals surface area contributed by atoms with Crippen molar-refractivity contribution in [2.24, 2.45) is 4.99 Å². The predicted molar refractivity (Wildman–Crippen MR) is 127 cm³/mol. The van der Waals surface area contributed by atoms with Crippen LogP contribution in [0.3, 0.4) is 0 Å². The highest BCUT2D eigenvalue weighted by atomic mass is 16.5. The van der Waals surface area contributed by atoms with Crippen LogP contribution in [0.5, 0.6) is 0 Å². The lowest BCUT2D eigenvalue weighted by Crippen LogP contribution is -2.39. The monoisotopic (exact) mass is 437 g/mol. The molecule has 2 aromatic rings. The van der Waals surface area contributed by atoms with Gasteiger partial charge in [0.05, 0.1) is 19.8 Å². The number of morpholine rings is 1. The van der Waals surface area contributed by atoms with Crippen LogP contribution in [0.25, 0.3) is 0 Å². The van der Waals surface area contributed by atoms with Crippen molar-refractivity contribution in [3.05, 3.63) is 59.2 Å². The van der Waals surface area contributed by atoms with E-state index in [1.165, 1.54) is 6.92 Å². The largest absolute Gasteiger partial charge is 0.379 e. The van der Waals surface area contributed by atoms with Crippen LogP contribution in [0.15, 0.2) is 47.5 Å². The lowest BCUT2D eigenvalue weighted by molar-refractivity contribution is -0.114. The molecule has 0 atom stereocenters. The van der Waals surface area contributed by atoms with Crippen molar-refractivity contribution in [1.82, 2.24) is 10.2 Å². The first-order valence-corrected chi connectivity index (χ1v) is 10.8. The molecule has 0 spiro atoms. The molecule has 32 heavy (non-hydrogen) atoms. The molecule has 3 rings (SSSR count). The SMILES string of the molecule is CC(=O)Nc1cccc(C(=O)NC(=NCCN2CCOCC2)Nc2cccc(C)c2C)c1. The van der Waals surface area contributed by atoms with E-state index in [1.807, 2.05) is 32.0 Å². The Morgan fingerprint density at radius 1 is 1.06 bits per heavy atom. The summed E-state index contributed by atoms with van der Waals surface area (Å²) in [5.41, 5.74) is 4.13. The van der Waals surface area contributed by atoms with Gasteiger partial charge >= 0.3 is 0 Å². The van der Waals surface area contributed by atoms with Crippen molar-refractivity contribution in [2.45, 2.75) is 20.8 Å². The number of aryl methyl sites for hydroxylation is 1. The molecule has 1 fully saturated rings. The van der Waals surface area contributed by atoms with Crippen LogP contribution in [0.4, 0.5) is 11.4 Å². The summed E-state index contributed by atoms with van der Waals surface area (Å²) in [7, 11) is 0. The summed E-state index contributed by atoms with van der Waals surface area (Å²) in [6, 6.07) is 12.8. The van der Waals surface area contributed by atoms with E-state index in [0.29, 0.717) is 23.8 Å². The number of carbonyl (C=O) groups is 2. The summed E-state index contributed by atoms with van der Waals surface area (Å²) >= 11 is 0. The number of ether oxygens (including phenoxy) is 1. The van der Waals surface area contributed by atoms with Gasteiger partial charge < -0.3 is 15.4 Å². The van der Waals surface area contributed by atoms with Gasteiger partial charge in [-0.2, -0.15) is 0 Å². The number of aliphatic imine (C=N–C) groups is 1. The second-order valence-electron chi connectivity index (χ2n) is 7.77. The Kier molecular flexibility index (Phi) is 8.35. The Morgan fingerprint density at radius 3 is 2.56 bits per heavy atom. The van der Waals surface area contributed by atoms with Crippen molar-refractivity contribution in [3.63, 3.8) is 0 Å². The second kappa shape index (κ2) is 11.4. The summed E-state index contributed by atoms with van der Waals surface area (Å²) in [6.07, 6.45) is 0. The summed E-state index contributed by atoms with van der Waals surface area (Å²) in [4.78, 5) is 31.2. The number of guanidine groups is 1. The molecule has 1 aliphatic rings. The van der Waals surface area contributed by atoms with Crippen molar-refractivity contribution >= 4 is 29.1 Å². The fourth-order valence-electron chi connectivity index (χ4n) is 3.37. The maximum Gasteiger partial charge on any atom is 0.258 e. The highest BCUT2D eigenvalue weighted by molar-refractivity contribution is 6.10. The molecule has 0 aromatic heterocycles. The van der Waals surface area contributed by atoms with Gasteiger partial charge in [-0.05, 0) is 49.2 Å². The van der Waals surface area contributed by atoms with Gasteiger partial charge in [0.25, 0.3) is 5.91 Å². The zero-order valence-corrected chi connectivity index (χ0v) is 18.9. The highest BCUT2D eigenvalue weighted by Gasteiger charge is 2.13. The number of hydrogen-bond donors (Lipinski definition) is 3. The summed E-state index contributed by atoms with van der Waals surface area (Å²) in [5, 5.41) is 8.87. The summed E-state index contributed by atoms with van der Waals surface area (Å²) in [6.45, 7) is 10.1. The van der Waals surface area contributed by atoms with Gasteiger partial charge in [0.15, 0.2) is 0 Å². The lowest BCUT2D eigenvalue weighted by Gasteiger charge is -2.25. The molecular formula is C24H31N5O3. The third-order valence-corrected chi connectivity index (χ3v) is 5.32. The number of anilines is 2. The minimum Gasteiger partial charge on any atom is -0.379 e. The molecule has 8 nitrogen and oxygen atoms in total. The Labute approximate surface area is 189 Å². The van der Waals surface area contributed by atoms with E-state index >= 15 is 0 Å². The Bertz CT molecular complexity index is 983. The number of hydrogen-bond acceptors (Lipinski definition) is 5. The van der Waals surface area contributed by atoms with Crippen LogP contribution < -0.4 is 16.0 Å². The quantitative estimate of drug-likeness (QED) is 0.477. The molecule has 8 heteroatoms. The molecule has 0 saturated carbocycles. The number of nitrogens with one attached hydrogen (secondary N) is 3. The average molecular weight is 438 g/mol. The first-order chi connectivity index (χ1) is 15.4. The molecular weight excluding hydrogens is 406 g/mol. The second-order valence-corrected chi connectivity index (χ2v) is 7.77. The molecule has 170 valence electrons. The topological polar surface area (TPSA) is 95.1 Å². The average Bonchev–Trinajstić information content (AvgIpc) is 2.77. The van der Waals surface area contributed by atoms with Crippen LogP contribution in [0, 0.1) is 13.8 Å². The molecule has 2 amide bonds. The molecule has 1 heterocycles. The van der Waals surface area contributed by atoms with Crippen molar-refractivity contribution in [3.8, 4) is 0 Å². The fourth-order valence-corrected chi connectivity index (χ4v) is 3.37. The fraction of sp³-hybridized carbons (Fsp3) is 0.375. The third-order valence-electron chi connectivity index (χ3n) is 5.32. The van der Waals surface area contributed by atoms with Crippen LogP contribution in [-0.2, 0) is 9.53 Å². The van der Waals surface area contributed by atoms with Gasteiger partial charge in [-0.3, -0.25) is 24.8 Å². The van der Waals surface area contributed by atoms with E-state index in [0.717, 1.165) is 49.7 Å². The van der Waals surface area contributed by atoms with Crippen LogP contribution >= 0.6 is 0 Å². The molecule has 0 radical (unpaired) electrons. The summed E-state index contributed by atoms with van der Waals surface area (Å²) in [5.74, 6) is -0.105. The number of carbonyl (C=O) groups excluding carboxylic acids is 2. The van der Waals surface area contributed by atoms with Gasteiger partial charge in [0, 0.05) is 43.5 Å². The molecule has 1 saturated heterocycles. The molecule has 0 unspecified atom stereocenters. The van der Waals surface area contributed by atoms with Crippen LogP contribution in [-0.4, -0.2) is 62.1 Å². The van der Waals surface area contributed by atoms with Gasteiger partial charge in [-0.25, -0.2) is 0 Å². The zero-order valence-electron chi connectivity index (χ0n) is 18.9. The predicted octanol–water partition coefficient (Wildman–Crippen LogP) is 2.79. The number of nitrogens with zero attached hydrogens (tertiary/aromatic N) is 2. The van der Waals surface area contributed by atoms with Crippen molar-refractivity contribution in [1.29, 1.82) is 0 Å². The van der Waals surface area contributed by atoms with E-state index in [2.05, 4.69) is 25.8 Å². The maximum absolute atomic E-state index is 12.9. The summed E-state index contributed by atoms with van der Waals surface area (Å²) < 4.78 is 5.39. The smallest absolute Gasteiger partial charge is 0.258 e. The maximum atomic E-state index is 12.9. The number of amides is 2. The molecule has 2 aromatic carbocycles. The Hall–Kier alpha value is -3.23. The number of rotatable bonds is 6. The number of benzene rings is 2. The minimum atomic E-state index is -0.305. The Balaban J connectivity index is 1.74. The van der Waals surface area contributed by atoms with Crippen LogP contribution in [0.1, 0.15) is 28.4 Å². The van der Waals surface area contributed by atoms with E-state index in [9.17, 15) is 9.59 Å². The molecule has 1 aliphatic heterocycles. The molecule has 0 bridgehead atoms. The zero-order chi connectivity index (χ0) is 22.9. The van der Waals surface area contributed by atoms with E-state index in [4.69, 9.17) is 4.74 Å². The first-order valence-electron chi connectivity index (χ1n) is 10.8. The van der Waals surface area contributed by atoms with E-state index in [-0.39, 0.29) is 11.8 Å². The van der Waals surface area contributed by atoms with Crippen LogP contribution in [0.2, 0.25) is 0 Å². The van der Waals surface area contributed by atoms with Gasteiger partial charge in [-0.15, -0.1) is 0 Å². The standard InChI is InChI=1S/C24H31N5O3/c1-17-6-4-9-22(18(17)2)27-24(25-10-11-29-12-14-32-15-13-29)28-23(31)20-7-5-8-21(16-20)26-19(3)30/h4-9,16H,10-15H2,1-3H3,(H,26,30)(H2,25,27,28,31). The van der Waals surface area contributed by atoms with Crippen molar-refractivity contribution < 1.29 is 14.3 Å². The van der Waals surface area contributed by atoms with Gasteiger partial charge in [-0.1, -0.05) is 18.2 Å². The van der Waals surface area contributed by atoms with Crippen molar-refractivity contribution in [2.75, 3.05) is 50.0 Å². The molecule has 3 N–H and O–H groups in total. The lowest BCUT2D eigenvalue weighted by atomic mass is 10.1. The minimum absolute atomic E-state index is 0.190. The normalized spacial score (nSPS) is 14.7. The molecule has 0 aliphatic carbocycles. The van der Waals surface area contributed by atoms with E-state index in [1.54, 1.807) is 24.3 Å².